The number of halogens is 1. The summed E-state index contributed by atoms with van der Waals surface area (Å²) in [5.74, 6) is -2.90. The van der Waals surface area contributed by atoms with E-state index in [1.807, 2.05) is 0 Å². The highest BCUT2D eigenvalue weighted by atomic mass is 19.1. The highest BCUT2D eigenvalue weighted by Gasteiger charge is 2.21. The maximum absolute atomic E-state index is 12.7. The van der Waals surface area contributed by atoms with E-state index in [1.165, 1.54) is 12.1 Å². The van der Waals surface area contributed by atoms with E-state index < -0.39 is 30.2 Å². The zero-order valence-electron chi connectivity index (χ0n) is 11.3. The summed E-state index contributed by atoms with van der Waals surface area (Å²) in [4.78, 5) is 33.1. The molecule has 0 aliphatic rings. The number of aryl methyl sites for hydroxylation is 1. The van der Waals surface area contributed by atoms with Gasteiger partial charge in [-0.25, -0.2) is 9.18 Å². The Morgan fingerprint density at radius 2 is 1.86 bits per heavy atom. The van der Waals surface area contributed by atoms with Crippen LogP contribution in [0.4, 0.5) is 4.39 Å². The van der Waals surface area contributed by atoms with Gasteiger partial charge in [0.1, 0.15) is 11.9 Å². The lowest BCUT2D eigenvalue weighted by Gasteiger charge is -2.12. The predicted molar refractivity (Wildman–Crippen MR) is 72.7 cm³/mol. The summed E-state index contributed by atoms with van der Waals surface area (Å²) >= 11 is 0. The van der Waals surface area contributed by atoms with Gasteiger partial charge in [0.25, 0.3) is 0 Å². The zero-order valence-corrected chi connectivity index (χ0v) is 11.3. The molecule has 1 atom stereocenters. The van der Waals surface area contributed by atoms with Crippen molar-refractivity contribution in [3.05, 3.63) is 35.6 Å². The highest BCUT2D eigenvalue weighted by Crippen LogP contribution is 2.07. The van der Waals surface area contributed by atoms with Crippen LogP contribution in [0.2, 0.25) is 0 Å². The van der Waals surface area contributed by atoms with Gasteiger partial charge in [-0.1, -0.05) is 12.1 Å². The predicted octanol–water partition coefficient (Wildman–Crippen LogP) is 0.593. The smallest absolute Gasteiger partial charge is 0.326 e. The fourth-order valence-electron chi connectivity index (χ4n) is 1.77. The lowest BCUT2D eigenvalue weighted by atomic mass is 10.1. The number of carbonyl (C=O) groups excluding carboxylic acids is 2. The van der Waals surface area contributed by atoms with Gasteiger partial charge in [-0.2, -0.15) is 0 Å². The van der Waals surface area contributed by atoms with Gasteiger partial charge in [0.05, 0.1) is 6.42 Å². The van der Waals surface area contributed by atoms with Crippen LogP contribution >= 0.6 is 0 Å². The molecule has 1 rings (SSSR count). The van der Waals surface area contributed by atoms with Crippen molar-refractivity contribution in [1.29, 1.82) is 0 Å². The lowest BCUT2D eigenvalue weighted by Crippen LogP contribution is -2.43. The molecule has 0 saturated carbocycles. The molecule has 2 amide bonds. The van der Waals surface area contributed by atoms with Crippen LogP contribution in [0.25, 0.3) is 0 Å². The molecule has 7 heteroatoms. The summed E-state index contributed by atoms with van der Waals surface area (Å²) in [5, 5.41) is 11.1. The quantitative estimate of drug-likeness (QED) is 0.652. The van der Waals surface area contributed by atoms with E-state index in [1.54, 1.807) is 12.1 Å². The highest BCUT2D eigenvalue weighted by molar-refractivity contribution is 5.88. The molecule has 1 aromatic rings. The third-order valence-electron chi connectivity index (χ3n) is 2.82. The van der Waals surface area contributed by atoms with Crippen LogP contribution < -0.4 is 11.1 Å². The van der Waals surface area contributed by atoms with Crippen molar-refractivity contribution in [1.82, 2.24) is 5.32 Å². The molecule has 0 aromatic heterocycles. The number of nitrogens with two attached hydrogens (primary N) is 1. The van der Waals surface area contributed by atoms with Crippen LogP contribution in [0, 0.1) is 5.82 Å². The van der Waals surface area contributed by atoms with Crippen LogP contribution in [0.15, 0.2) is 24.3 Å². The largest absolute Gasteiger partial charge is 0.480 e. The molecule has 0 radical (unpaired) electrons. The maximum atomic E-state index is 12.7. The van der Waals surface area contributed by atoms with Crippen molar-refractivity contribution in [2.24, 2.45) is 5.73 Å². The minimum absolute atomic E-state index is 0.111. The van der Waals surface area contributed by atoms with Gasteiger partial charge in [-0.3, -0.25) is 9.59 Å². The number of carbonyl (C=O) groups is 3. The Bertz CT molecular complexity index is 516. The minimum Gasteiger partial charge on any atom is -0.480 e. The van der Waals surface area contributed by atoms with Crippen LogP contribution in [0.1, 0.15) is 24.8 Å². The summed E-state index contributed by atoms with van der Waals surface area (Å²) in [6.45, 7) is 0. The van der Waals surface area contributed by atoms with E-state index in [4.69, 9.17) is 10.8 Å². The molecule has 0 saturated heterocycles. The molecule has 114 valence electrons. The first-order chi connectivity index (χ1) is 9.88. The number of carboxylic acid groups (broad SMARTS) is 1. The standard InChI is InChI=1S/C14H17FN2O4/c15-10-6-4-9(5-7-10)2-1-3-13(19)17-11(14(20)21)8-12(16)18/h4-7,11H,1-3,8H2,(H2,16,18)(H,17,19)(H,20,21). The number of aliphatic carboxylic acids is 1. The topological polar surface area (TPSA) is 109 Å². The molecule has 0 aliphatic heterocycles. The number of amides is 2. The van der Waals surface area contributed by atoms with Crippen molar-refractivity contribution < 1.29 is 23.9 Å². The van der Waals surface area contributed by atoms with Crippen molar-refractivity contribution in [3.63, 3.8) is 0 Å². The monoisotopic (exact) mass is 296 g/mol. The van der Waals surface area contributed by atoms with Gasteiger partial charge in [-0.05, 0) is 30.5 Å². The molecule has 21 heavy (non-hydrogen) atoms. The number of carboxylic acids is 1. The number of rotatable bonds is 8. The van der Waals surface area contributed by atoms with Gasteiger partial charge >= 0.3 is 5.97 Å². The molecule has 1 aromatic carbocycles. The third kappa shape index (κ3) is 6.51. The van der Waals surface area contributed by atoms with Crippen LogP contribution in [-0.4, -0.2) is 28.9 Å². The normalized spacial score (nSPS) is 11.7. The van der Waals surface area contributed by atoms with Gasteiger partial charge in [0, 0.05) is 6.42 Å². The first-order valence-corrected chi connectivity index (χ1v) is 6.43. The molecule has 0 fully saturated rings. The Kier molecular flexibility index (Phi) is 6.32. The molecule has 6 nitrogen and oxygen atoms in total. The fraction of sp³-hybridized carbons (Fsp3) is 0.357. The van der Waals surface area contributed by atoms with Crippen molar-refractivity contribution in [2.45, 2.75) is 31.7 Å². The van der Waals surface area contributed by atoms with Gasteiger partial charge < -0.3 is 16.2 Å². The molecule has 0 heterocycles. The van der Waals surface area contributed by atoms with Gasteiger partial charge in [0.15, 0.2) is 0 Å². The summed E-state index contributed by atoms with van der Waals surface area (Å²) < 4.78 is 12.7. The van der Waals surface area contributed by atoms with Crippen molar-refractivity contribution >= 4 is 17.8 Å². The Morgan fingerprint density at radius 3 is 2.38 bits per heavy atom. The average molecular weight is 296 g/mol. The third-order valence-corrected chi connectivity index (χ3v) is 2.82. The molecule has 1 unspecified atom stereocenters. The van der Waals surface area contributed by atoms with Crippen LogP contribution in [0.3, 0.4) is 0 Å². The number of nitrogens with one attached hydrogen (secondary N) is 1. The van der Waals surface area contributed by atoms with Crippen molar-refractivity contribution in [2.75, 3.05) is 0 Å². The maximum Gasteiger partial charge on any atom is 0.326 e. The zero-order chi connectivity index (χ0) is 15.8. The molecular formula is C14H17FN2O4. The van der Waals surface area contributed by atoms with E-state index in [0.717, 1.165) is 5.56 Å². The minimum atomic E-state index is -1.30. The molecule has 0 spiro atoms. The number of primary amides is 1. The number of hydrogen-bond donors (Lipinski definition) is 3. The molecule has 0 bridgehead atoms. The van der Waals surface area contributed by atoms with Crippen LogP contribution in [0.5, 0.6) is 0 Å². The Balaban J connectivity index is 2.37. The summed E-state index contributed by atoms with van der Waals surface area (Å²) in [6, 6.07) is 4.62. The summed E-state index contributed by atoms with van der Waals surface area (Å²) in [7, 11) is 0. The van der Waals surface area contributed by atoms with Crippen molar-refractivity contribution in [3.8, 4) is 0 Å². The van der Waals surface area contributed by atoms with Gasteiger partial charge in [-0.15, -0.1) is 0 Å². The van der Waals surface area contributed by atoms with E-state index >= 15 is 0 Å². The van der Waals surface area contributed by atoms with E-state index in [2.05, 4.69) is 5.32 Å². The molecule has 0 aliphatic carbocycles. The average Bonchev–Trinajstić information content (AvgIpc) is 2.39. The Hall–Kier alpha value is -2.44. The summed E-state index contributed by atoms with van der Waals surface area (Å²) in [5.41, 5.74) is 5.80. The number of hydrogen-bond acceptors (Lipinski definition) is 3. The second-order valence-corrected chi connectivity index (χ2v) is 4.61. The SMILES string of the molecule is NC(=O)CC(NC(=O)CCCc1ccc(F)cc1)C(=O)O. The van der Waals surface area contributed by atoms with E-state index in [-0.39, 0.29) is 12.2 Å². The lowest BCUT2D eigenvalue weighted by molar-refractivity contribution is -0.143. The first kappa shape index (κ1) is 16.6. The fourth-order valence-corrected chi connectivity index (χ4v) is 1.77. The Morgan fingerprint density at radius 1 is 1.24 bits per heavy atom. The molecular weight excluding hydrogens is 279 g/mol. The van der Waals surface area contributed by atoms with Crippen LogP contribution in [-0.2, 0) is 20.8 Å². The second kappa shape index (κ2) is 7.98. The van der Waals surface area contributed by atoms with E-state index in [9.17, 15) is 18.8 Å². The van der Waals surface area contributed by atoms with Gasteiger partial charge in [0.2, 0.25) is 11.8 Å². The Labute approximate surface area is 121 Å². The first-order valence-electron chi connectivity index (χ1n) is 6.43. The second-order valence-electron chi connectivity index (χ2n) is 4.61. The molecule has 4 N–H and O–H groups in total. The number of benzene rings is 1. The summed E-state index contributed by atoms with van der Waals surface area (Å²) in [6.07, 6.45) is 0.723. The van der Waals surface area contributed by atoms with E-state index in [0.29, 0.717) is 12.8 Å².